The van der Waals surface area contributed by atoms with E-state index in [0.29, 0.717) is 45.0 Å². The van der Waals surface area contributed by atoms with E-state index in [1.54, 1.807) is 42.5 Å². The highest BCUT2D eigenvalue weighted by atomic mass is 16.5. The number of nitrogens with one attached hydrogen (secondary N) is 2. The maximum absolute atomic E-state index is 12.8. The van der Waals surface area contributed by atoms with Gasteiger partial charge in [-0.1, -0.05) is 24.1 Å². The highest BCUT2D eigenvalue weighted by Gasteiger charge is 2.18. The lowest BCUT2D eigenvalue weighted by atomic mass is 10.1. The van der Waals surface area contributed by atoms with E-state index in [-0.39, 0.29) is 24.3 Å². The molecule has 0 aliphatic heterocycles. The van der Waals surface area contributed by atoms with Crippen LogP contribution in [0.5, 0.6) is 17.2 Å². The summed E-state index contributed by atoms with van der Waals surface area (Å²) in [7, 11) is 4.57. The van der Waals surface area contributed by atoms with Crippen LogP contribution in [0.1, 0.15) is 16.2 Å². The summed E-state index contributed by atoms with van der Waals surface area (Å²) < 4.78 is 17.3. The lowest BCUT2D eigenvalue weighted by Gasteiger charge is -2.13. The van der Waals surface area contributed by atoms with E-state index < -0.39 is 5.91 Å². The quantitative estimate of drug-likeness (QED) is 0.377. The summed E-state index contributed by atoms with van der Waals surface area (Å²) in [6.07, 6.45) is 5.37. The monoisotopic (exact) mass is 473 g/mol. The van der Waals surface area contributed by atoms with Crippen molar-refractivity contribution in [2.24, 2.45) is 0 Å². The van der Waals surface area contributed by atoms with Gasteiger partial charge in [-0.15, -0.1) is 6.42 Å². The number of methoxy groups -OCH3 is 3. The van der Waals surface area contributed by atoms with Crippen molar-refractivity contribution in [3.05, 3.63) is 64.2 Å². The Morgan fingerprint density at radius 2 is 1.77 bits per heavy atom. The molecule has 0 fully saturated rings. The van der Waals surface area contributed by atoms with E-state index in [9.17, 15) is 9.59 Å². The standard InChI is InChI=1S/C25H23N5O5/c1-5-10-30-25(32)17-9-7-6-8-16(17)20(29-30)14-26-24(31)19-13-18(27-28-19)15-11-21(33-2)23(35-4)22(12-15)34-3/h1,6-9,11-13H,10,14H2,2-4H3,(H,26,31)(H,27,28). The molecule has 2 aromatic carbocycles. The molecule has 1 amide bonds. The van der Waals surface area contributed by atoms with Gasteiger partial charge < -0.3 is 19.5 Å². The van der Waals surface area contributed by atoms with Crippen molar-refractivity contribution < 1.29 is 19.0 Å². The van der Waals surface area contributed by atoms with Crippen LogP contribution in [0.3, 0.4) is 0 Å². The number of aromatic amines is 1. The number of aromatic nitrogens is 4. The van der Waals surface area contributed by atoms with Gasteiger partial charge in [0, 0.05) is 10.9 Å². The molecule has 0 unspecified atom stereocenters. The number of hydrogen-bond donors (Lipinski definition) is 2. The number of amides is 1. The number of benzene rings is 2. The molecule has 4 aromatic rings. The van der Waals surface area contributed by atoms with E-state index in [4.69, 9.17) is 20.6 Å². The summed E-state index contributed by atoms with van der Waals surface area (Å²) in [6, 6.07) is 12.1. The molecule has 2 heterocycles. The first-order chi connectivity index (χ1) is 17.0. The van der Waals surface area contributed by atoms with E-state index in [1.807, 2.05) is 0 Å². The van der Waals surface area contributed by atoms with Crippen LogP contribution in [-0.2, 0) is 13.1 Å². The predicted molar refractivity (Wildman–Crippen MR) is 130 cm³/mol. The molecule has 0 aliphatic rings. The van der Waals surface area contributed by atoms with Crippen molar-refractivity contribution >= 4 is 16.7 Å². The van der Waals surface area contributed by atoms with E-state index in [2.05, 4.69) is 26.5 Å². The number of H-pyrrole nitrogens is 1. The number of carbonyl (C=O) groups excluding carboxylic acids is 1. The van der Waals surface area contributed by atoms with Gasteiger partial charge in [-0.3, -0.25) is 14.7 Å². The largest absolute Gasteiger partial charge is 0.493 e. The molecule has 4 rings (SSSR count). The molecule has 2 N–H and O–H groups in total. The third-order valence-electron chi connectivity index (χ3n) is 5.38. The van der Waals surface area contributed by atoms with Crippen molar-refractivity contribution in [2.45, 2.75) is 13.1 Å². The molecular weight excluding hydrogens is 450 g/mol. The van der Waals surface area contributed by atoms with Gasteiger partial charge in [0.15, 0.2) is 11.5 Å². The Morgan fingerprint density at radius 3 is 2.40 bits per heavy atom. The average molecular weight is 473 g/mol. The predicted octanol–water partition coefficient (Wildman–Crippen LogP) is 2.38. The van der Waals surface area contributed by atoms with Crippen LogP contribution < -0.4 is 25.1 Å². The van der Waals surface area contributed by atoms with Gasteiger partial charge >= 0.3 is 0 Å². The van der Waals surface area contributed by atoms with Crippen molar-refractivity contribution in [1.29, 1.82) is 0 Å². The van der Waals surface area contributed by atoms with Gasteiger partial charge in [0.2, 0.25) is 5.75 Å². The van der Waals surface area contributed by atoms with E-state index >= 15 is 0 Å². The smallest absolute Gasteiger partial charge is 0.275 e. The lowest BCUT2D eigenvalue weighted by Crippen LogP contribution is -2.28. The third kappa shape index (κ3) is 4.52. The van der Waals surface area contributed by atoms with Crippen molar-refractivity contribution in [1.82, 2.24) is 25.3 Å². The van der Waals surface area contributed by atoms with Gasteiger partial charge in [-0.05, 0) is 24.3 Å². The fourth-order valence-electron chi connectivity index (χ4n) is 3.70. The highest BCUT2D eigenvalue weighted by Crippen LogP contribution is 2.40. The summed E-state index contributed by atoms with van der Waals surface area (Å²) >= 11 is 0. The van der Waals surface area contributed by atoms with Gasteiger partial charge in [0.1, 0.15) is 12.2 Å². The first kappa shape index (κ1) is 23.4. The van der Waals surface area contributed by atoms with Crippen molar-refractivity contribution in [3.8, 4) is 40.8 Å². The van der Waals surface area contributed by atoms with E-state index in [0.717, 1.165) is 0 Å². The summed E-state index contributed by atoms with van der Waals surface area (Å²) in [5.74, 6) is 3.42. The molecule has 0 radical (unpaired) electrons. The van der Waals surface area contributed by atoms with Crippen LogP contribution in [-0.4, -0.2) is 47.2 Å². The molecular formula is C25H23N5O5. The number of fused-ring (bicyclic) bond motifs is 1. The molecule has 35 heavy (non-hydrogen) atoms. The van der Waals surface area contributed by atoms with Crippen LogP contribution in [0, 0.1) is 12.3 Å². The lowest BCUT2D eigenvalue weighted by molar-refractivity contribution is 0.0945. The highest BCUT2D eigenvalue weighted by molar-refractivity contribution is 5.93. The van der Waals surface area contributed by atoms with Crippen LogP contribution in [0.4, 0.5) is 0 Å². The maximum atomic E-state index is 12.8. The van der Waals surface area contributed by atoms with Crippen molar-refractivity contribution in [3.63, 3.8) is 0 Å². The molecule has 0 atom stereocenters. The summed E-state index contributed by atoms with van der Waals surface area (Å²) in [4.78, 5) is 25.4. The van der Waals surface area contributed by atoms with Gasteiger partial charge in [-0.25, -0.2) is 4.68 Å². The average Bonchev–Trinajstić information content (AvgIpc) is 3.39. The third-order valence-corrected chi connectivity index (χ3v) is 5.38. The number of rotatable bonds is 8. The zero-order valence-electron chi connectivity index (χ0n) is 19.4. The molecule has 178 valence electrons. The topological polar surface area (TPSA) is 120 Å². The van der Waals surface area contributed by atoms with Gasteiger partial charge in [0.25, 0.3) is 11.5 Å². The SMILES string of the molecule is C#CCn1nc(CNC(=O)c2cc(-c3cc(OC)c(OC)c(OC)c3)n[nH]2)c2ccccc2c1=O. The van der Waals surface area contributed by atoms with E-state index in [1.165, 1.54) is 26.0 Å². The first-order valence-corrected chi connectivity index (χ1v) is 10.6. The zero-order chi connectivity index (χ0) is 24.9. The fourth-order valence-corrected chi connectivity index (χ4v) is 3.70. The molecule has 0 spiro atoms. The Morgan fingerprint density at radius 1 is 1.09 bits per heavy atom. The second-order valence-corrected chi connectivity index (χ2v) is 7.42. The van der Waals surface area contributed by atoms with Gasteiger partial charge in [0.05, 0.1) is 44.6 Å². The van der Waals surface area contributed by atoms with Gasteiger partial charge in [-0.2, -0.15) is 10.2 Å². The molecule has 0 bridgehead atoms. The number of hydrogen-bond acceptors (Lipinski definition) is 7. The maximum Gasteiger partial charge on any atom is 0.275 e. The summed E-state index contributed by atoms with van der Waals surface area (Å²) in [5.41, 5.74) is 1.67. The Balaban J connectivity index is 1.59. The van der Waals surface area contributed by atoms with Crippen LogP contribution in [0.25, 0.3) is 22.0 Å². The fraction of sp³-hybridized carbons (Fsp3) is 0.200. The molecule has 0 aliphatic carbocycles. The molecule has 10 heteroatoms. The van der Waals surface area contributed by atoms with Crippen molar-refractivity contribution in [2.75, 3.05) is 21.3 Å². The Hall–Kier alpha value is -4.78. The number of terminal acetylenes is 1. The van der Waals surface area contributed by atoms with Crippen LogP contribution in [0.2, 0.25) is 0 Å². The minimum Gasteiger partial charge on any atom is -0.493 e. The summed E-state index contributed by atoms with van der Waals surface area (Å²) in [5, 5.41) is 15.3. The number of nitrogens with zero attached hydrogens (tertiary/aromatic N) is 3. The molecule has 0 saturated heterocycles. The zero-order valence-corrected chi connectivity index (χ0v) is 19.4. The first-order valence-electron chi connectivity index (χ1n) is 10.6. The normalized spacial score (nSPS) is 10.6. The second kappa shape index (κ2) is 10.0. The number of ether oxygens (including phenoxy) is 3. The Bertz CT molecular complexity index is 1470. The molecule has 0 saturated carbocycles. The van der Waals surface area contributed by atoms with Crippen LogP contribution in [0.15, 0.2) is 47.3 Å². The number of carbonyl (C=O) groups is 1. The second-order valence-electron chi connectivity index (χ2n) is 7.42. The molecule has 10 nitrogen and oxygen atoms in total. The summed E-state index contributed by atoms with van der Waals surface area (Å²) in [6.45, 7) is 0.117. The van der Waals surface area contributed by atoms with Crippen LogP contribution >= 0.6 is 0 Å². The minimum absolute atomic E-state index is 0.0311. The minimum atomic E-state index is -0.392. The Labute approximate surface area is 200 Å². The molecule has 2 aromatic heterocycles. The Kier molecular flexibility index (Phi) is 6.69.